The summed E-state index contributed by atoms with van der Waals surface area (Å²) in [6, 6.07) is 11.4. The highest BCUT2D eigenvalue weighted by Gasteiger charge is 2.12. The molecule has 2 heterocycles. The quantitative estimate of drug-likeness (QED) is 0.793. The minimum atomic E-state index is -0.308. The van der Waals surface area contributed by atoms with Gasteiger partial charge in [-0.15, -0.1) is 21.5 Å². The molecule has 0 aliphatic rings. The second-order valence-electron chi connectivity index (χ2n) is 4.78. The van der Waals surface area contributed by atoms with E-state index in [1.165, 1.54) is 16.1 Å². The first-order chi connectivity index (χ1) is 11.2. The zero-order chi connectivity index (χ0) is 16.2. The molecular formula is C15H12N6OS. The molecule has 114 valence electrons. The molecule has 1 N–H and O–H groups in total. The molecule has 0 radical (unpaired) electrons. The minimum absolute atomic E-state index is 0.0678. The van der Waals surface area contributed by atoms with E-state index in [0.717, 1.165) is 11.1 Å². The van der Waals surface area contributed by atoms with E-state index in [-0.39, 0.29) is 12.5 Å². The van der Waals surface area contributed by atoms with Gasteiger partial charge in [-0.25, -0.2) is 0 Å². The number of nitriles is 1. The van der Waals surface area contributed by atoms with Crippen molar-refractivity contribution in [2.75, 3.05) is 5.32 Å². The van der Waals surface area contributed by atoms with Crippen LogP contribution in [-0.2, 0) is 11.3 Å². The third-order valence-corrected chi connectivity index (χ3v) is 3.99. The molecule has 0 fully saturated rings. The van der Waals surface area contributed by atoms with E-state index >= 15 is 0 Å². The highest BCUT2D eigenvalue weighted by molar-refractivity contribution is 7.14. The Hall–Kier alpha value is -3.05. The fourth-order valence-corrected chi connectivity index (χ4v) is 2.78. The molecule has 2 aromatic heterocycles. The number of tetrazole rings is 1. The third-order valence-electron chi connectivity index (χ3n) is 3.16. The van der Waals surface area contributed by atoms with Crippen LogP contribution in [0.5, 0.6) is 0 Å². The predicted octanol–water partition coefficient (Wildman–Crippen LogP) is 2.22. The molecule has 3 rings (SSSR count). The Balaban J connectivity index is 1.71. The number of hydrogen-bond donors (Lipinski definition) is 1. The van der Waals surface area contributed by atoms with Crippen LogP contribution < -0.4 is 5.32 Å². The van der Waals surface area contributed by atoms with Crippen molar-refractivity contribution in [2.24, 2.45) is 0 Å². The van der Waals surface area contributed by atoms with Crippen LogP contribution in [0.15, 0.2) is 35.7 Å². The molecule has 1 amide bonds. The Morgan fingerprint density at radius 3 is 3.00 bits per heavy atom. The summed E-state index contributed by atoms with van der Waals surface area (Å²) in [6.07, 6.45) is 0. The van der Waals surface area contributed by atoms with Crippen LogP contribution in [-0.4, -0.2) is 26.1 Å². The molecule has 0 bridgehead atoms. The maximum absolute atomic E-state index is 12.0. The van der Waals surface area contributed by atoms with E-state index in [1.54, 1.807) is 11.4 Å². The van der Waals surface area contributed by atoms with E-state index in [9.17, 15) is 4.79 Å². The van der Waals surface area contributed by atoms with Crippen LogP contribution in [0.2, 0.25) is 0 Å². The van der Waals surface area contributed by atoms with Gasteiger partial charge in [0.2, 0.25) is 11.7 Å². The van der Waals surface area contributed by atoms with Crippen molar-refractivity contribution in [3.05, 3.63) is 46.8 Å². The fraction of sp³-hybridized carbons (Fsp3) is 0.133. The molecule has 7 nitrogen and oxygen atoms in total. The van der Waals surface area contributed by atoms with Crippen molar-refractivity contribution < 1.29 is 4.79 Å². The number of thiophene rings is 1. The van der Waals surface area contributed by atoms with Gasteiger partial charge in [0.25, 0.3) is 0 Å². The number of hydrogen-bond acceptors (Lipinski definition) is 6. The maximum atomic E-state index is 12.0. The number of aromatic nitrogens is 4. The van der Waals surface area contributed by atoms with Crippen molar-refractivity contribution in [1.82, 2.24) is 20.2 Å². The van der Waals surface area contributed by atoms with Gasteiger partial charge >= 0.3 is 0 Å². The van der Waals surface area contributed by atoms with Crippen LogP contribution in [0.4, 0.5) is 5.00 Å². The predicted molar refractivity (Wildman–Crippen MR) is 85.7 cm³/mol. The highest BCUT2D eigenvalue weighted by Crippen LogP contribution is 2.22. The lowest BCUT2D eigenvalue weighted by molar-refractivity contribution is -0.117. The molecule has 0 spiro atoms. The summed E-state index contributed by atoms with van der Waals surface area (Å²) < 4.78 is 0. The molecule has 3 aromatic rings. The van der Waals surface area contributed by atoms with Crippen LogP contribution in [0.1, 0.15) is 11.1 Å². The molecule has 0 unspecified atom stereocenters. The van der Waals surface area contributed by atoms with Crippen LogP contribution >= 0.6 is 11.3 Å². The zero-order valence-electron chi connectivity index (χ0n) is 12.2. The smallest absolute Gasteiger partial charge is 0.248 e. The lowest BCUT2D eigenvalue weighted by Crippen LogP contribution is -2.20. The number of carbonyl (C=O) groups is 1. The van der Waals surface area contributed by atoms with E-state index in [1.807, 2.05) is 37.3 Å². The normalized spacial score (nSPS) is 10.3. The van der Waals surface area contributed by atoms with Gasteiger partial charge in [0.1, 0.15) is 17.6 Å². The minimum Gasteiger partial charge on any atom is -0.315 e. The number of benzene rings is 1. The van der Waals surface area contributed by atoms with Crippen molar-refractivity contribution in [1.29, 1.82) is 5.26 Å². The van der Waals surface area contributed by atoms with Gasteiger partial charge in [-0.2, -0.15) is 10.1 Å². The van der Waals surface area contributed by atoms with E-state index < -0.39 is 0 Å². The van der Waals surface area contributed by atoms with Gasteiger partial charge in [0.15, 0.2) is 0 Å². The Labute approximate surface area is 136 Å². The first-order valence-electron chi connectivity index (χ1n) is 6.78. The first kappa shape index (κ1) is 14.9. The van der Waals surface area contributed by atoms with Crippen molar-refractivity contribution in [3.63, 3.8) is 0 Å². The SMILES string of the molecule is Cc1ccccc1-c1nnn(CC(=O)Nc2sccc2C#N)n1. The van der Waals surface area contributed by atoms with Crippen molar-refractivity contribution in [2.45, 2.75) is 13.5 Å². The van der Waals surface area contributed by atoms with E-state index in [2.05, 4.69) is 20.7 Å². The summed E-state index contributed by atoms with van der Waals surface area (Å²) in [4.78, 5) is 13.3. The molecule has 0 aliphatic carbocycles. The number of amides is 1. The third kappa shape index (κ3) is 3.25. The van der Waals surface area contributed by atoms with Crippen molar-refractivity contribution in [3.8, 4) is 17.5 Å². The Kier molecular flexibility index (Phi) is 4.12. The summed E-state index contributed by atoms with van der Waals surface area (Å²) in [5.41, 5.74) is 2.36. The van der Waals surface area contributed by atoms with Crippen molar-refractivity contribution >= 4 is 22.2 Å². The molecule has 23 heavy (non-hydrogen) atoms. The molecule has 0 saturated heterocycles. The molecule has 1 aromatic carbocycles. The van der Waals surface area contributed by atoms with E-state index in [4.69, 9.17) is 5.26 Å². The highest BCUT2D eigenvalue weighted by atomic mass is 32.1. The lowest BCUT2D eigenvalue weighted by atomic mass is 10.1. The fourth-order valence-electron chi connectivity index (χ4n) is 2.03. The van der Waals surface area contributed by atoms with Crippen LogP contribution in [0, 0.1) is 18.3 Å². The Morgan fingerprint density at radius 2 is 2.22 bits per heavy atom. The first-order valence-corrected chi connectivity index (χ1v) is 7.66. The van der Waals surface area contributed by atoms with Gasteiger partial charge in [0, 0.05) is 5.56 Å². The van der Waals surface area contributed by atoms with Gasteiger partial charge in [-0.3, -0.25) is 4.79 Å². The summed E-state index contributed by atoms with van der Waals surface area (Å²) in [6.45, 7) is 1.89. The molecule has 8 heteroatoms. The molecular weight excluding hydrogens is 312 g/mol. The van der Waals surface area contributed by atoms with Gasteiger partial charge in [0.05, 0.1) is 5.56 Å². The molecule has 0 aliphatic heterocycles. The standard InChI is InChI=1S/C15H12N6OS/c1-10-4-2-3-5-12(10)14-18-20-21(19-14)9-13(22)17-15-11(8-16)6-7-23-15/h2-7H,9H2,1H3,(H,17,22). The van der Waals surface area contributed by atoms with Gasteiger partial charge in [-0.1, -0.05) is 24.3 Å². The largest absolute Gasteiger partial charge is 0.315 e. The summed E-state index contributed by atoms with van der Waals surface area (Å²) in [5, 5.41) is 26.0. The Morgan fingerprint density at radius 1 is 1.39 bits per heavy atom. The second-order valence-corrected chi connectivity index (χ2v) is 5.70. The molecule has 0 atom stereocenters. The average molecular weight is 324 g/mol. The Bertz CT molecular complexity index is 891. The maximum Gasteiger partial charge on any atom is 0.248 e. The topological polar surface area (TPSA) is 96.5 Å². The number of nitrogens with zero attached hydrogens (tertiary/aromatic N) is 5. The van der Waals surface area contributed by atoms with E-state index in [0.29, 0.717) is 16.4 Å². The summed E-state index contributed by atoms with van der Waals surface area (Å²) >= 11 is 1.30. The number of anilines is 1. The number of nitrogens with one attached hydrogen (secondary N) is 1. The average Bonchev–Trinajstić information content (AvgIpc) is 3.17. The second kappa shape index (κ2) is 6.37. The van der Waals surface area contributed by atoms with Crippen LogP contribution in [0.25, 0.3) is 11.4 Å². The number of rotatable bonds is 4. The zero-order valence-corrected chi connectivity index (χ0v) is 13.0. The summed E-state index contributed by atoms with van der Waals surface area (Å²) in [5.74, 6) is 0.169. The monoisotopic (exact) mass is 324 g/mol. The van der Waals surface area contributed by atoms with Crippen LogP contribution in [0.3, 0.4) is 0 Å². The van der Waals surface area contributed by atoms with Gasteiger partial charge in [-0.05, 0) is 29.1 Å². The number of aryl methyl sites for hydroxylation is 1. The molecule has 0 saturated carbocycles. The lowest BCUT2D eigenvalue weighted by Gasteiger charge is -2.02. The van der Waals surface area contributed by atoms with Gasteiger partial charge < -0.3 is 5.32 Å². The number of carbonyl (C=O) groups excluding carboxylic acids is 1. The summed E-state index contributed by atoms with van der Waals surface area (Å²) in [7, 11) is 0.